The lowest BCUT2D eigenvalue weighted by molar-refractivity contribution is -0.139. The molecule has 1 aromatic heterocycles. The predicted octanol–water partition coefficient (Wildman–Crippen LogP) is 2.61. The second-order valence-electron chi connectivity index (χ2n) is 4.32. The molecule has 1 heterocycles. The van der Waals surface area contributed by atoms with Crippen molar-refractivity contribution in [3.63, 3.8) is 0 Å². The standard InChI is InChI=1S/C13H20N2O3S/c1-3-9(4-2)8-14-13(18)15-11(12(16)17)10-6-5-7-19-10/h5-7,9,11H,3-4,8H2,1-2H3,(H,16,17)(H2,14,15,18). The van der Waals surface area contributed by atoms with Crippen molar-refractivity contribution in [2.45, 2.75) is 32.7 Å². The van der Waals surface area contributed by atoms with Crippen LogP contribution in [0.1, 0.15) is 37.6 Å². The summed E-state index contributed by atoms with van der Waals surface area (Å²) in [7, 11) is 0. The van der Waals surface area contributed by atoms with Crippen LogP contribution in [0.15, 0.2) is 17.5 Å². The number of carbonyl (C=O) groups is 2. The summed E-state index contributed by atoms with van der Waals surface area (Å²) in [5.74, 6) is -0.629. The number of amides is 2. The normalized spacial score (nSPS) is 12.2. The summed E-state index contributed by atoms with van der Waals surface area (Å²) < 4.78 is 0. The number of aliphatic carboxylic acids is 1. The molecular formula is C13H20N2O3S. The van der Waals surface area contributed by atoms with E-state index >= 15 is 0 Å². The summed E-state index contributed by atoms with van der Waals surface area (Å²) in [6.07, 6.45) is 1.98. The zero-order valence-electron chi connectivity index (χ0n) is 11.2. The number of hydrogen-bond acceptors (Lipinski definition) is 3. The molecule has 0 bridgehead atoms. The predicted molar refractivity (Wildman–Crippen MR) is 75.3 cm³/mol. The van der Waals surface area contributed by atoms with Gasteiger partial charge in [-0.1, -0.05) is 32.8 Å². The molecule has 0 radical (unpaired) electrons. The Hall–Kier alpha value is -1.56. The maximum absolute atomic E-state index is 11.7. The molecule has 19 heavy (non-hydrogen) atoms. The molecule has 0 saturated carbocycles. The number of hydrogen-bond donors (Lipinski definition) is 3. The maximum Gasteiger partial charge on any atom is 0.331 e. The van der Waals surface area contributed by atoms with Crippen molar-refractivity contribution < 1.29 is 14.7 Å². The monoisotopic (exact) mass is 284 g/mol. The van der Waals surface area contributed by atoms with E-state index in [9.17, 15) is 9.59 Å². The molecule has 0 spiro atoms. The van der Waals surface area contributed by atoms with Crippen molar-refractivity contribution in [2.24, 2.45) is 5.92 Å². The number of nitrogens with one attached hydrogen (secondary N) is 2. The van der Waals surface area contributed by atoms with Crippen LogP contribution in [-0.2, 0) is 4.79 Å². The van der Waals surface area contributed by atoms with Gasteiger partial charge in [0.25, 0.3) is 0 Å². The fourth-order valence-corrected chi connectivity index (χ4v) is 2.47. The smallest absolute Gasteiger partial charge is 0.331 e. The van der Waals surface area contributed by atoms with Gasteiger partial charge in [0.05, 0.1) is 0 Å². The van der Waals surface area contributed by atoms with Gasteiger partial charge in [-0.2, -0.15) is 0 Å². The molecule has 5 nitrogen and oxygen atoms in total. The second-order valence-corrected chi connectivity index (χ2v) is 5.30. The van der Waals surface area contributed by atoms with Gasteiger partial charge in [0, 0.05) is 11.4 Å². The van der Waals surface area contributed by atoms with Crippen LogP contribution in [0.2, 0.25) is 0 Å². The number of carboxylic acids is 1. The number of urea groups is 1. The summed E-state index contributed by atoms with van der Waals surface area (Å²) in [6, 6.07) is 2.04. The SMILES string of the molecule is CCC(CC)CNC(=O)NC(C(=O)O)c1cccs1. The molecule has 1 aromatic rings. The van der Waals surface area contributed by atoms with Crippen LogP contribution >= 0.6 is 11.3 Å². The number of rotatable bonds is 7. The first-order chi connectivity index (χ1) is 9.08. The van der Waals surface area contributed by atoms with E-state index in [1.54, 1.807) is 17.5 Å². The minimum atomic E-state index is -1.06. The van der Waals surface area contributed by atoms with Gasteiger partial charge in [-0.3, -0.25) is 0 Å². The molecule has 106 valence electrons. The van der Waals surface area contributed by atoms with E-state index < -0.39 is 18.0 Å². The molecule has 6 heteroatoms. The maximum atomic E-state index is 11.7. The van der Waals surface area contributed by atoms with Gasteiger partial charge in [-0.15, -0.1) is 11.3 Å². The molecule has 0 aliphatic carbocycles. The van der Waals surface area contributed by atoms with Crippen molar-refractivity contribution in [2.75, 3.05) is 6.54 Å². The Balaban J connectivity index is 2.51. The molecule has 0 fully saturated rings. The molecule has 1 atom stereocenters. The zero-order chi connectivity index (χ0) is 14.3. The third kappa shape index (κ3) is 4.90. The lowest BCUT2D eigenvalue weighted by Crippen LogP contribution is -2.42. The van der Waals surface area contributed by atoms with Gasteiger partial charge >= 0.3 is 12.0 Å². The Morgan fingerprint density at radius 2 is 2.05 bits per heavy atom. The molecule has 0 aliphatic heterocycles. The lowest BCUT2D eigenvalue weighted by Gasteiger charge is -2.16. The quantitative estimate of drug-likeness (QED) is 0.720. The highest BCUT2D eigenvalue weighted by Gasteiger charge is 2.22. The minimum absolute atomic E-state index is 0.427. The van der Waals surface area contributed by atoms with Gasteiger partial charge in [-0.25, -0.2) is 9.59 Å². The highest BCUT2D eigenvalue weighted by Crippen LogP contribution is 2.19. The fraction of sp³-hybridized carbons (Fsp3) is 0.538. The Morgan fingerprint density at radius 1 is 1.37 bits per heavy atom. The first kappa shape index (κ1) is 15.5. The van der Waals surface area contributed by atoms with Gasteiger partial charge in [0.2, 0.25) is 0 Å². The van der Waals surface area contributed by atoms with Crippen molar-refractivity contribution in [1.82, 2.24) is 10.6 Å². The van der Waals surface area contributed by atoms with E-state index in [4.69, 9.17) is 5.11 Å². The molecule has 3 N–H and O–H groups in total. The van der Waals surface area contributed by atoms with Crippen LogP contribution in [0, 0.1) is 5.92 Å². The molecule has 0 saturated heterocycles. The number of carboxylic acid groups (broad SMARTS) is 1. The second kappa shape index (κ2) is 7.78. The fourth-order valence-electron chi connectivity index (χ4n) is 1.71. The number of thiophene rings is 1. The summed E-state index contributed by atoms with van der Waals surface area (Å²) in [6.45, 7) is 4.70. The Bertz CT molecular complexity index is 402. The van der Waals surface area contributed by atoms with E-state index in [1.807, 2.05) is 0 Å². The van der Waals surface area contributed by atoms with Gasteiger partial charge in [0.1, 0.15) is 0 Å². The van der Waals surface area contributed by atoms with E-state index in [0.29, 0.717) is 17.3 Å². The van der Waals surface area contributed by atoms with E-state index in [-0.39, 0.29) is 0 Å². The average molecular weight is 284 g/mol. The first-order valence-corrected chi connectivity index (χ1v) is 7.27. The zero-order valence-corrected chi connectivity index (χ0v) is 12.0. The van der Waals surface area contributed by atoms with Crippen molar-refractivity contribution >= 4 is 23.3 Å². The summed E-state index contributed by atoms with van der Waals surface area (Å²) in [5.41, 5.74) is 0. The largest absolute Gasteiger partial charge is 0.479 e. The molecule has 2 amide bonds. The van der Waals surface area contributed by atoms with Crippen LogP contribution in [0.4, 0.5) is 4.79 Å². The Morgan fingerprint density at radius 3 is 2.53 bits per heavy atom. The Kier molecular flexibility index (Phi) is 6.35. The van der Waals surface area contributed by atoms with Crippen LogP contribution in [0.5, 0.6) is 0 Å². The topological polar surface area (TPSA) is 78.4 Å². The first-order valence-electron chi connectivity index (χ1n) is 6.39. The summed E-state index contributed by atoms with van der Waals surface area (Å²) in [5, 5.41) is 16.1. The molecule has 0 aliphatic rings. The van der Waals surface area contributed by atoms with Crippen LogP contribution in [0.25, 0.3) is 0 Å². The van der Waals surface area contributed by atoms with E-state index in [1.165, 1.54) is 11.3 Å². The van der Waals surface area contributed by atoms with E-state index in [0.717, 1.165) is 12.8 Å². The third-order valence-corrected chi connectivity index (χ3v) is 3.99. The van der Waals surface area contributed by atoms with E-state index in [2.05, 4.69) is 24.5 Å². The third-order valence-electron chi connectivity index (χ3n) is 3.06. The summed E-state index contributed by atoms with van der Waals surface area (Å²) in [4.78, 5) is 23.5. The van der Waals surface area contributed by atoms with Crippen molar-refractivity contribution in [1.29, 1.82) is 0 Å². The van der Waals surface area contributed by atoms with Crippen molar-refractivity contribution in [3.05, 3.63) is 22.4 Å². The molecular weight excluding hydrogens is 264 g/mol. The van der Waals surface area contributed by atoms with Crippen LogP contribution in [-0.4, -0.2) is 23.7 Å². The minimum Gasteiger partial charge on any atom is -0.479 e. The van der Waals surface area contributed by atoms with Gasteiger partial charge < -0.3 is 15.7 Å². The highest BCUT2D eigenvalue weighted by atomic mass is 32.1. The van der Waals surface area contributed by atoms with Crippen LogP contribution in [0.3, 0.4) is 0 Å². The average Bonchev–Trinajstić information content (AvgIpc) is 2.90. The lowest BCUT2D eigenvalue weighted by atomic mass is 10.0. The van der Waals surface area contributed by atoms with Crippen molar-refractivity contribution in [3.8, 4) is 0 Å². The molecule has 1 rings (SSSR count). The summed E-state index contributed by atoms with van der Waals surface area (Å²) >= 11 is 1.31. The number of carbonyl (C=O) groups excluding carboxylic acids is 1. The molecule has 1 unspecified atom stereocenters. The Labute approximate surface area is 117 Å². The molecule has 0 aromatic carbocycles. The van der Waals surface area contributed by atoms with Gasteiger partial charge in [-0.05, 0) is 17.4 Å². The highest BCUT2D eigenvalue weighted by molar-refractivity contribution is 7.10. The van der Waals surface area contributed by atoms with Gasteiger partial charge in [0.15, 0.2) is 6.04 Å². The van der Waals surface area contributed by atoms with Crippen LogP contribution < -0.4 is 10.6 Å².